The van der Waals surface area contributed by atoms with Crippen molar-refractivity contribution in [1.82, 2.24) is 5.43 Å². The van der Waals surface area contributed by atoms with Gasteiger partial charge in [0.25, 0.3) is 0 Å². The largest absolute Gasteiger partial charge is 0.497 e. The number of hydrogen-bond acceptors (Lipinski definition) is 3. The van der Waals surface area contributed by atoms with Crippen LogP contribution in [0.3, 0.4) is 0 Å². The molecule has 0 bridgehead atoms. The Balaban J connectivity index is 2.07. The van der Waals surface area contributed by atoms with Crippen LogP contribution in [0.25, 0.3) is 0 Å². The van der Waals surface area contributed by atoms with Gasteiger partial charge in [0.2, 0.25) is 0 Å². The lowest BCUT2D eigenvalue weighted by Crippen LogP contribution is -2.38. The molecular weight excluding hydrogens is 267 g/mol. The molecule has 0 aromatic heterocycles. The van der Waals surface area contributed by atoms with Gasteiger partial charge in [-0.15, -0.1) is 0 Å². The molecule has 2 aromatic rings. The highest BCUT2D eigenvalue weighted by Crippen LogP contribution is 2.16. The molecule has 0 saturated carbocycles. The topological polar surface area (TPSA) is 47.3 Å². The molecule has 0 saturated heterocycles. The number of ether oxygens (including phenoxy) is 1. The summed E-state index contributed by atoms with van der Waals surface area (Å²) in [7, 11) is 1.64. The normalized spacial score (nSPS) is 12.2. The summed E-state index contributed by atoms with van der Waals surface area (Å²) in [5.74, 6) is 6.26. The molecule has 1 unspecified atom stereocenters. The minimum absolute atomic E-state index is 0.0545. The van der Waals surface area contributed by atoms with Gasteiger partial charge in [0.05, 0.1) is 7.11 Å². The second-order valence-corrected chi connectivity index (χ2v) is 5.19. The Morgan fingerprint density at radius 3 is 2.48 bits per heavy atom. The van der Waals surface area contributed by atoms with E-state index in [-0.39, 0.29) is 11.9 Å². The first-order chi connectivity index (χ1) is 10.1. The van der Waals surface area contributed by atoms with Crippen molar-refractivity contribution in [2.24, 2.45) is 5.84 Å². The second kappa shape index (κ2) is 7.20. The lowest BCUT2D eigenvalue weighted by atomic mass is 9.96. The Kier molecular flexibility index (Phi) is 5.31. The van der Waals surface area contributed by atoms with Gasteiger partial charge < -0.3 is 4.74 Å². The van der Waals surface area contributed by atoms with Gasteiger partial charge >= 0.3 is 0 Å². The average molecular weight is 288 g/mol. The van der Waals surface area contributed by atoms with E-state index in [4.69, 9.17) is 10.6 Å². The summed E-state index contributed by atoms with van der Waals surface area (Å²) < 4.78 is 18.5. The Hall–Kier alpha value is -1.91. The van der Waals surface area contributed by atoms with Crippen LogP contribution in [0.15, 0.2) is 42.5 Å². The van der Waals surface area contributed by atoms with Crippen LogP contribution in [-0.4, -0.2) is 13.2 Å². The number of nitrogens with two attached hydrogens (primary N) is 1. The van der Waals surface area contributed by atoms with Crippen LogP contribution >= 0.6 is 0 Å². The summed E-state index contributed by atoms with van der Waals surface area (Å²) >= 11 is 0. The van der Waals surface area contributed by atoms with Gasteiger partial charge in [0, 0.05) is 6.04 Å². The fourth-order valence-electron chi connectivity index (χ4n) is 2.36. The molecule has 0 aliphatic rings. The lowest BCUT2D eigenvalue weighted by Gasteiger charge is -2.17. The molecule has 0 fully saturated rings. The number of rotatable bonds is 6. The van der Waals surface area contributed by atoms with Crippen LogP contribution < -0.4 is 16.0 Å². The first kappa shape index (κ1) is 15.5. The lowest BCUT2D eigenvalue weighted by molar-refractivity contribution is 0.414. The molecule has 1 atom stereocenters. The number of nitrogens with one attached hydrogen (secondary N) is 1. The molecule has 2 rings (SSSR count). The van der Waals surface area contributed by atoms with E-state index in [9.17, 15) is 4.39 Å². The van der Waals surface area contributed by atoms with Crippen molar-refractivity contribution in [3.05, 3.63) is 65.0 Å². The molecule has 0 heterocycles. The zero-order chi connectivity index (χ0) is 15.2. The van der Waals surface area contributed by atoms with Crippen molar-refractivity contribution in [3.63, 3.8) is 0 Å². The molecule has 21 heavy (non-hydrogen) atoms. The van der Waals surface area contributed by atoms with Gasteiger partial charge in [-0.05, 0) is 60.7 Å². The number of aryl methyl sites for hydroxylation is 1. The van der Waals surface area contributed by atoms with Crippen LogP contribution in [-0.2, 0) is 12.8 Å². The number of hydrogen-bond donors (Lipinski definition) is 2. The molecule has 3 nitrogen and oxygen atoms in total. The van der Waals surface area contributed by atoms with E-state index in [1.165, 1.54) is 6.07 Å². The molecule has 0 aliphatic carbocycles. The van der Waals surface area contributed by atoms with E-state index in [0.29, 0.717) is 6.42 Å². The second-order valence-electron chi connectivity index (χ2n) is 5.19. The Morgan fingerprint density at radius 1 is 1.14 bits per heavy atom. The maximum absolute atomic E-state index is 13.3. The first-order valence-corrected chi connectivity index (χ1v) is 6.96. The molecular formula is C17H21FN2O. The van der Waals surface area contributed by atoms with E-state index < -0.39 is 0 Å². The van der Waals surface area contributed by atoms with Gasteiger partial charge in [0.15, 0.2) is 0 Å². The number of halogens is 1. The predicted octanol–water partition coefficient (Wildman–Crippen LogP) is 2.76. The van der Waals surface area contributed by atoms with E-state index in [2.05, 4.69) is 5.43 Å². The molecule has 0 aliphatic heterocycles. The zero-order valence-electron chi connectivity index (χ0n) is 12.4. The van der Waals surface area contributed by atoms with Crippen LogP contribution in [0.2, 0.25) is 0 Å². The van der Waals surface area contributed by atoms with E-state index in [1.54, 1.807) is 19.2 Å². The van der Waals surface area contributed by atoms with Gasteiger partial charge in [-0.1, -0.05) is 18.2 Å². The summed E-state index contributed by atoms with van der Waals surface area (Å²) in [5, 5.41) is 0. The molecule has 0 spiro atoms. The molecule has 4 heteroatoms. The molecule has 3 N–H and O–H groups in total. The maximum Gasteiger partial charge on any atom is 0.123 e. The van der Waals surface area contributed by atoms with Gasteiger partial charge in [-0.3, -0.25) is 11.3 Å². The first-order valence-electron chi connectivity index (χ1n) is 6.96. The third kappa shape index (κ3) is 4.28. The maximum atomic E-state index is 13.3. The molecule has 112 valence electrons. The van der Waals surface area contributed by atoms with E-state index in [0.717, 1.165) is 28.9 Å². The van der Waals surface area contributed by atoms with Gasteiger partial charge in [-0.2, -0.15) is 0 Å². The third-order valence-electron chi connectivity index (χ3n) is 3.65. The van der Waals surface area contributed by atoms with Crippen molar-refractivity contribution >= 4 is 0 Å². The Bertz CT molecular complexity index is 584. The molecule has 0 radical (unpaired) electrons. The summed E-state index contributed by atoms with van der Waals surface area (Å²) in [6.45, 7) is 1.98. The van der Waals surface area contributed by atoms with Crippen molar-refractivity contribution in [2.75, 3.05) is 7.11 Å². The standard InChI is InChI=1S/C17H21FN2O/c1-12-3-6-15(18)10-14(12)11-16(20-19)9-13-4-7-17(21-2)8-5-13/h3-8,10,16,20H,9,11,19H2,1-2H3. The Morgan fingerprint density at radius 2 is 1.86 bits per heavy atom. The van der Waals surface area contributed by atoms with Gasteiger partial charge in [-0.25, -0.2) is 4.39 Å². The average Bonchev–Trinajstić information content (AvgIpc) is 2.51. The van der Waals surface area contributed by atoms with Crippen molar-refractivity contribution in [1.29, 1.82) is 0 Å². The number of benzene rings is 2. The smallest absolute Gasteiger partial charge is 0.123 e. The highest BCUT2D eigenvalue weighted by Gasteiger charge is 2.11. The highest BCUT2D eigenvalue weighted by atomic mass is 19.1. The van der Waals surface area contributed by atoms with Crippen molar-refractivity contribution < 1.29 is 9.13 Å². The van der Waals surface area contributed by atoms with Crippen LogP contribution in [0.4, 0.5) is 4.39 Å². The SMILES string of the molecule is COc1ccc(CC(Cc2cc(F)ccc2C)NN)cc1. The Labute approximate surface area is 124 Å². The third-order valence-corrected chi connectivity index (χ3v) is 3.65. The molecule has 2 aromatic carbocycles. The molecule has 0 amide bonds. The number of hydrazine groups is 1. The minimum atomic E-state index is -0.212. The highest BCUT2D eigenvalue weighted by molar-refractivity contribution is 5.30. The minimum Gasteiger partial charge on any atom is -0.497 e. The summed E-state index contributed by atoms with van der Waals surface area (Å²) in [6.07, 6.45) is 1.46. The fourth-order valence-corrected chi connectivity index (χ4v) is 2.36. The quantitative estimate of drug-likeness (QED) is 0.635. The summed E-state index contributed by atoms with van der Waals surface area (Å²) in [5.41, 5.74) is 6.03. The van der Waals surface area contributed by atoms with E-state index in [1.807, 2.05) is 31.2 Å². The van der Waals surface area contributed by atoms with Gasteiger partial charge in [0.1, 0.15) is 11.6 Å². The van der Waals surface area contributed by atoms with Crippen LogP contribution in [0, 0.1) is 12.7 Å². The summed E-state index contributed by atoms with van der Waals surface area (Å²) in [6, 6.07) is 12.8. The zero-order valence-corrected chi connectivity index (χ0v) is 12.4. The monoisotopic (exact) mass is 288 g/mol. The fraction of sp³-hybridized carbons (Fsp3) is 0.294. The van der Waals surface area contributed by atoms with Crippen LogP contribution in [0.1, 0.15) is 16.7 Å². The predicted molar refractivity (Wildman–Crippen MR) is 82.7 cm³/mol. The summed E-state index contributed by atoms with van der Waals surface area (Å²) in [4.78, 5) is 0. The van der Waals surface area contributed by atoms with Crippen molar-refractivity contribution in [2.45, 2.75) is 25.8 Å². The van der Waals surface area contributed by atoms with Crippen molar-refractivity contribution in [3.8, 4) is 5.75 Å². The number of methoxy groups -OCH3 is 1. The van der Waals surface area contributed by atoms with E-state index >= 15 is 0 Å². The van der Waals surface area contributed by atoms with Crippen LogP contribution in [0.5, 0.6) is 5.75 Å².